The Morgan fingerprint density at radius 3 is 2.76 bits per heavy atom. The highest BCUT2D eigenvalue weighted by molar-refractivity contribution is 5.95. The van der Waals surface area contributed by atoms with Crippen molar-refractivity contribution >= 4 is 12.0 Å². The van der Waals surface area contributed by atoms with Crippen molar-refractivity contribution in [3.8, 4) is 5.75 Å². The first-order valence-corrected chi connectivity index (χ1v) is 13.0. The lowest BCUT2D eigenvalue weighted by Crippen LogP contribution is -2.45. The summed E-state index contributed by atoms with van der Waals surface area (Å²) in [4.78, 5) is 46.2. The lowest BCUT2D eigenvalue weighted by Gasteiger charge is -2.33. The standard InChI is InChI=1S/C28H32N4O6/c1-19-7-5-10-21(17-19)37-16-15-30-13-14-32-23(27(30)35)24(33)26(34)29-25(32)22-11-6-12-31(22)28(36)38-18-20-8-3-2-4-9-20/h2-5,8-10,17,19,22,33H,6-7,11-16,18H2,1H3. The molecule has 10 heteroatoms. The van der Waals surface area contributed by atoms with E-state index in [1.165, 1.54) is 0 Å². The topological polar surface area (TPSA) is 114 Å². The summed E-state index contributed by atoms with van der Waals surface area (Å²) in [6.07, 6.45) is 7.78. The largest absolute Gasteiger partial charge is 0.501 e. The van der Waals surface area contributed by atoms with Gasteiger partial charge in [-0.15, -0.1) is 0 Å². The molecule has 10 nitrogen and oxygen atoms in total. The van der Waals surface area contributed by atoms with Crippen LogP contribution in [0.4, 0.5) is 4.79 Å². The normalized spacial score (nSPS) is 20.8. The number of ether oxygens (including phenoxy) is 2. The van der Waals surface area contributed by atoms with Gasteiger partial charge in [-0.2, -0.15) is 4.98 Å². The number of carbonyl (C=O) groups excluding carboxylic acids is 2. The van der Waals surface area contributed by atoms with Crippen molar-refractivity contribution in [2.75, 3.05) is 26.2 Å². The number of nitrogens with zero attached hydrogens (tertiary/aromatic N) is 4. The molecule has 1 N–H and O–H groups in total. The zero-order chi connectivity index (χ0) is 26.6. The molecule has 3 aliphatic rings. The smallest absolute Gasteiger partial charge is 0.410 e. The SMILES string of the molecule is CC1C=C(OCCN2CCn3c(C4CCCN4C(=O)OCc4ccccc4)nc(=O)c(O)c3C2=O)C=CC1. The van der Waals surface area contributed by atoms with Gasteiger partial charge in [0.1, 0.15) is 24.8 Å². The molecule has 38 heavy (non-hydrogen) atoms. The van der Waals surface area contributed by atoms with Crippen LogP contribution in [0.3, 0.4) is 0 Å². The highest BCUT2D eigenvalue weighted by Crippen LogP contribution is 2.33. The minimum Gasteiger partial charge on any atom is -0.501 e. The second-order valence-corrected chi connectivity index (χ2v) is 9.84. The first-order valence-electron chi connectivity index (χ1n) is 13.0. The van der Waals surface area contributed by atoms with Gasteiger partial charge in [0.25, 0.3) is 5.91 Å². The molecule has 1 fully saturated rings. The van der Waals surface area contributed by atoms with Crippen molar-refractivity contribution in [2.24, 2.45) is 5.92 Å². The number of rotatable bonds is 7. The molecular formula is C28H32N4O6. The van der Waals surface area contributed by atoms with E-state index in [0.29, 0.717) is 57.4 Å². The number of likely N-dealkylation sites (tertiary alicyclic amines) is 1. The van der Waals surface area contributed by atoms with Crippen molar-refractivity contribution in [3.63, 3.8) is 0 Å². The van der Waals surface area contributed by atoms with E-state index < -0.39 is 29.4 Å². The molecule has 5 rings (SSSR count). The summed E-state index contributed by atoms with van der Waals surface area (Å²) < 4.78 is 12.9. The lowest BCUT2D eigenvalue weighted by molar-refractivity contribution is 0.0634. The Morgan fingerprint density at radius 2 is 1.97 bits per heavy atom. The average Bonchev–Trinajstić information content (AvgIpc) is 3.41. The van der Waals surface area contributed by atoms with E-state index in [9.17, 15) is 19.5 Å². The van der Waals surface area contributed by atoms with Gasteiger partial charge in [0.05, 0.1) is 12.6 Å². The Bertz CT molecular complexity index is 1320. The van der Waals surface area contributed by atoms with Crippen LogP contribution in [0.5, 0.6) is 5.75 Å². The van der Waals surface area contributed by atoms with Crippen LogP contribution in [0.15, 0.2) is 59.1 Å². The molecule has 0 saturated carbocycles. The van der Waals surface area contributed by atoms with Gasteiger partial charge >= 0.3 is 11.7 Å². The first kappa shape index (κ1) is 25.6. The van der Waals surface area contributed by atoms with E-state index in [1.54, 1.807) is 14.4 Å². The van der Waals surface area contributed by atoms with Crippen LogP contribution in [-0.4, -0.2) is 62.7 Å². The van der Waals surface area contributed by atoms with Gasteiger partial charge in [-0.05, 0) is 42.9 Å². The number of carbonyl (C=O) groups is 2. The number of aromatic hydroxyl groups is 1. The number of benzene rings is 1. The van der Waals surface area contributed by atoms with E-state index in [2.05, 4.69) is 24.1 Å². The van der Waals surface area contributed by atoms with Gasteiger partial charge in [0.15, 0.2) is 5.69 Å². The summed E-state index contributed by atoms with van der Waals surface area (Å²) in [7, 11) is 0. The molecule has 2 amide bonds. The molecule has 1 aliphatic carbocycles. The Balaban J connectivity index is 1.31. The highest BCUT2D eigenvalue weighted by Gasteiger charge is 2.38. The van der Waals surface area contributed by atoms with Gasteiger partial charge in [0, 0.05) is 19.6 Å². The highest BCUT2D eigenvalue weighted by atomic mass is 16.6. The zero-order valence-electron chi connectivity index (χ0n) is 21.4. The average molecular weight is 521 g/mol. The van der Waals surface area contributed by atoms with Crippen LogP contribution in [0, 0.1) is 5.92 Å². The fourth-order valence-electron chi connectivity index (χ4n) is 5.17. The summed E-state index contributed by atoms with van der Waals surface area (Å²) in [5.74, 6) is 0.342. The number of allylic oxidation sites excluding steroid dienone is 3. The van der Waals surface area contributed by atoms with Crippen LogP contribution in [0.2, 0.25) is 0 Å². The second kappa shape index (κ2) is 11.1. The fourth-order valence-corrected chi connectivity index (χ4v) is 5.17. The third kappa shape index (κ3) is 5.29. The van der Waals surface area contributed by atoms with Crippen LogP contribution in [-0.2, 0) is 22.6 Å². The van der Waals surface area contributed by atoms with E-state index >= 15 is 0 Å². The van der Waals surface area contributed by atoms with Gasteiger partial charge in [-0.3, -0.25) is 14.5 Å². The van der Waals surface area contributed by atoms with E-state index in [-0.39, 0.29) is 12.3 Å². The summed E-state index contributed by atoms with van der Waals surface area (Å²) in [6.45, 7) is 3.99. The van der Waals surface area contributed by atoms with Gasteiger partial charge < -0.3 is 24.0 Å². The summed E-state index contributed by atoms with van der Waals surface area (Å²) in [5, 5.41) is 10.5. The Morgan fingerprint density at radius 1 is 1.16 bits per heavy atom. The van der Waals surface area contributed by atoms with Gasteiger partial charge in [-0.1, -0.05) is 43.3 Å². The molecule has 0 bridgehead atoms. The molecule has 1 aromatic heterocycles. The zero-order valence-corrected chi connectivity index (χ0v) is 21.4. The number of aromatic nitrogens is 2. The lowest BCUT2D eigenvalue weighted by atomic mass is 10.0. The van der Waals surface area contributed by atoms with Gasteiger partial charge in [0.2, 0.25) is 5.75 Å². The van der Waals surface area contributed by atoms with Crippen LogP contribution < -0.4 is 5.56 Å². The maximum atomic E-state index is 13.4. The van der Waals surface area contributed by atoms with Crippen LogP contribution in [0.25, 0.3) is 0 Å². The van der Waals surface area contributed by atoms with Crippen molar-refractivity contribution in [1.29, 1.82) is 0 Å². The van der Waals surface area contributed by atoms with E-state index in [0.717, 1.165) is 17.7 Å². The number of hydrogen-bond donors (Lipinski definition) is 1. The molecular weight excluding hydrogens is 488 g/mol. The Labute approximate surface area is 220 Å². The minimum absolute atomic E-state index is 0.0962. The molecule has 2 aromatic rings. The minimum atomic E-state index is -0.881. The van der Waals surface area contributed by atoms with E-state index in [4.69, 9.17) is 9.47 Å². The Hall–Kier alpha value is -4.08. The molecule has 1 aromatic carbocycles. The van der Waals surface area contributed by atoms with Gasteiger partial charge in [-0.25, -0.2) is 4.79 Å². The predicted molar refractivity (Wildman–Crippen MR) is 138 cm³/mol. The molecule has 2 unspecified atom stereocenters. The molecule has 200 valence electrons. The van der Waals surface area contributed by atoms with Crippen molar-refractivity contribution in [1.82, 2.24) is 19.4 Å². The summed E-state index contributed by atoms with van der Waals surface area (Å²) in [5.41, 5.74) is -0.109. The Kier molecular flexibility index (Phi) is 7.48. The van der Waals surface area contributed by atoms with Crippen molar-refractivity contribution in [3.05, 3.63) is 81.8 Å². The number of hydrogen-bond acceptors (Lipinski definition) is 7. The van der Waals surface area contributed by atoms with Crippen LogP contribution >= 0.6 is 0 Å². The number of fused-ring (bicyclic) bond motifs is 1. The molecule has 1 saturated heterocycles. The second-order valence-electron chi connectivity index (χ2n) is 9.84. The summed E-state index contributed by atoms with van der Waals surface area (Å²) in [6, 6.07) is 8.85. The molecule has 2 aliphatic heterocycles. The predicted octanol–water partition coefficient (Wildman–Crippen LogP) is 3.37. The number of amides is 2. The fraction of sp³-hybridized carbons (Fsp3) is 0.429. The summed E-state index contributed by atoms with van der Waals surface area (Å²) >= 11 is 0. The first-order chi connectivity index (χ1) is 18.4. The molecule has 0 radical (unpaired) electrons. The van der Waals surface area contributed by atoms with Crippen molar-refractivity contribution < 1.29 is 24.2 Å². The van der Waals surface area contributed by atoms with Crippen molar-refractivity contribution in [2.45, 2.75) is 45.4 Å². The van der Waals surface area contributed by atoms with E-state index in [1.807, 2.05) is 36.4 Å². The third-order valence-electron chi connectivity index (χ3n) is 7.13. The molecule has 3 heterocycles. The quantitative estimate of drug-likeness (QED) is 0.595. The molecule has 0 spiro atoms. The third-order valence-corrected chi connectivity index (χ3v) is 7.13. The maximum absolute atomic E-state index is 13.4. The maximum Gasteiger partial charge on any atom is 0.410 e. The van der Waals surface area contributed by atoms with Crippen LogP contribution in [0.1, 0.15) is 54.1 Å². The monoisotopic (exact) mass is 520 g/mol. The molecule has 2 atom stereocenters.